The number of rotatable bonds is 4. The van der Waals surface area contributed by atoms with Crippen molar-refractivity contribution in [1.29, 1.82) is 0 Å². The summed E-state index contributed by atoms with van der Waals surface area (Å²) in [5.41, 5.74) is 0. The van der Waals surface area contributed by atoms with Gasteiger partial charge in [-0.15, -0.1) is 0 Å². The Morgan fingerprint density at radius 3 is 2.75 bits per heavy atom. The summed E-state index contributed by atoms with van der Waals surface area (Å²) in [5, 5.41) is 8.47. The second-order valence-electron chi connectivity index (χ2n) is 4.39. The van der Waals surface area contributed by atoms with E-state index in [2.05, 4.69) is 0 Å². The van der Waals surface area contributed by atoms with Gasteiger partial charge in [-0.25, -0.2) is 4.79 Å². The minimum Gasteiger partial charge on any atom is -0.486 e. The second kappa shape index (κ2) is 6.10. The first-order valence-electron chi connectivity index (χ1n) is 6.11. The van der Waals surface area contributed by atoms with Crippen molar-refractivity contribution >= 4 is 11.9 Å². The molecule has 1 atom stereocenters. The van der Waals surface area contributed by atoms with Crippen LogP contribution in [0.15, 0.2) is 36.4 Å². The number of carbonyl (C=O) groups is 2. The van der Waals surface area contributed by atoms with Crippen molar-refractivity contribution in [3.63, 3.8) is 0 Å². The Morgan fingerprint density at radius 1 is 1.35 bits per heavy atom. The van der Waals surface area contributed by atoms with Gasteiger partial charge in [0.25, 0.3) is 0 Å². The maximum Gasteiger partial charge on any atom is 0.328 e. The summed E-state index contributed by atoms with van der Waals surface area (Å²) in [4.78, 5) is 23.4. The van der Waals surface area contributed by atoms with Gasteiger partial charge < -0.3 is 19.5 Å². The number of nitrogens with zero attached hydrogens (tertiary/aromatic N) is 1. The Balaban J connectivity index is 1.92. The summed E-state index contributed by atoms with van der Waals surface area (Å²) >= 11 is 0. The molecule has 1 unspecified atom stereocenters. The number of carboxylic acid groups (broad SMARTS) is 1. The highest BCUT2D eigenvalue weighted by Gasteiger charge is 2.22. The van der Waals surface area contributed by atoms with Gasteiger partial charge in [0.05, 0.1) is 6.54 Å². The molecule has 6 heteroatoms. The fraction of sp³-hybridized carbons (Fsp3) is 0.286. The van der Waals surface area contributed by atoms with Crippen LogP contribution in [-0.2, 0) is 9.59 Å². The second-order valence-corrected chi connectivity index (χ2v) is 4.39. The molecule has 0 saturated heterocycles. The molecule has 0 bridgehead atoms. The molecule has 1 heterocycles. The SMILES string of the molecule is CN(CC1COc2ccccc2O1)C(=O)/C=C/C(=O)O. The first-order chi connectivity index (χ1) is 9.56. The van der Waals surface area contributed by atoms with E-state index in [9.17, 15) is 9.59 Å². The molecule has 20 heavy (non-hydrogen) atoms. The minimum absolute atomic E-state index is 0.280. The van der Waals surface area contributed by atoms with Crippen LogP contribution in [0, 0.1) is 0 Å². The molecule has 0 radical (unpaired) electrons. The van der Waals surface area contributed by atoms with E-state index in [4.69, 9.17) is 14.6 Å². The Morgan fingerprint density at radius 2 is 2.05 bits per heavy atom. The third kappa shape index (κ3) is 3.50. The predicted octanol–water partition coefficient (Wildman–Crippen LogP) is 0.926. The smallest absolute Gasteiger partial charge is 0.328 e. The van der Waals surface area contributed by atoms with Crippen molar-refractivity contribution in [3.8, 4) is 11.5 Å². The molecule has 1 aliphatic rings. The van der Waals surface area contributed by atoms with E-state index in [1.807, 2.05) is 18.2 Å². The Bertz CT molecular complexity index is 540. The quantitative estimate of drug-likeness (QED) is 0.828. The predicted molar refractivity (Wildman–Crippen MR) is 70.8 cm³/mol. The van der Waals surface area contributed by atoms with Gasteiger partial charge in [-0.05, 0) is 12.1 Å². The third-order valence-corrected chi connectivity index (χ3v) is 2.79. The van der Waals surface area contributed by atoms with Crippen LogP contribution in [-0.4, -0.2) is 48.2 Å². The number of carboxylic acids is 1. The number of hydrogen-bond donors (Lipinski definition) is 1. The van der Waals surface area contributed by atoms with E-state index in [0.717, 1.165) is 12.2 Å². The van der Waals surface area contributed by atoms with Crippen LogP contribution in [0.1, 0.15) is 0 Å². The Kier molecular flexibility index (Phi) is 4.24. The van der Waals surface area contributed by atoms with Crippen LogP contribution in [0.2, 0.25) is 0 Å². The standard InChI is InChI=1S/C14H15NO5/c1-15(13(16)6-7-14(17)18)8-10-9-19-11-4-2-3-5-12(11)20-10/h2-7,10H,8-9H2,1H3,(H,17,18)/b7-6+. The van der Waals surface area contributed by atoms with E-state index >= 15 is 0 Å². The lowest BCUT2D eigenvalue weighted by atomic mass is 10.2. The lowest BCUT2D eigenvalue weighted by molar-refractivity contribution is -0.132. The molecule has 1 amide bonds. The van der Waals surface area contributed by atoms with Gasteiger partial charge in [-0.2, -0.15) is 0 Å². The summed E-state index contributed by atoms with van der Waals surface area (Å²) < 4.78 is 11.3. The van der Waals surface area contributed by atoms with Crippen molar-refractivity contribution < 1.29 is 24.2 Å². The first-order valence-corrected chi connectivity index (χ1v) is 6.11. The van der Waals surface area contributed by atoms with Crippen molar-refractivity contribution in [3.05, 3.63) is 36.4 Å². The fourth-order valence-corrected chi connectivity index (χ4v) is 1.82. The molecule has 0 saturated carbocycles. The number of amides is 1. The maximum absolute atomic E-state index is 11.6. The molecular weight excluding hydrogens is 262 g/mol. The minimum atomic E-state index is -1.15. The van der Waals surface area contributed by atoms with Crippen molar-refractivity contribution in [2.24, 2.45) is 0 Å². The Hall–Kier alpha value is -2.50. The van der Waals surface area contributed by atoms with Crippen LogP contribution in [0.25, 0.3) is 0 Å². The van der Waals surface area contributed by atoms with E-state index in [0.29, 0.717) is 24.7 Å². The average Bonchev–Trinajstić information content (AvgIpc) is 2.44. The molecule has 0 aliphatic carbocycles. The van der Waals surface area contributed by atoms with Gasteiger partial charge in [-0.1, -0.05) is 12.1 Å². The summed E-state index contributed by atoms with van der Waals surface area (Å²) in [7, 11) is 1.58. The molecule has 2 rings (SSSR count). The summed E-state index contributed by atoms with van der Waals surface area (Å²) in [6, 6.07) is 7.31. The van der Waals surface area contributed by atoms with Crippen molar-refractivity contribution in [1.82, 2.24) is 4.90 Å². The van der Waals surface area contributed by atoms with E-state index in [-0.39, 0.29) is 6.10 Å². The van der Waals surface area contributed by atoms with Crippen molar-refractivity contribution in [2.45, 2.75) is 6.10 Å². The number of para-hydroxylation sites is 2. The lowest BCUT2D eigenvalue weighted by Gasteiger charge is -2.29. The highest BCUT2D eigenvalue weighted by atomic mass is 16.6. The molecule has 0 aromatic heterocycles. The van der Waals surface area contributed by atoms with E-state index in [1.54, 1.807) is 13.1 Å². The molecule has 1 aliphatic heterocycles. The maximum atomic E-state index is 11.6. The van der Waals surface area contributed by atoms with Crippen LogP contribution in [0.3, 0.4) is 0 Å². The largest absolute Gasteiger partial charge is 0.486 e. The van der Waals surface area contributed by atoms with Gasteiger partial charge >= 0.3 is 5.97 Å². The molecule has 0 spiro atoms. The number of carbonyl (C=O) groups excluding carboxylic acids is 1. The topological polar surface area (TPSA) is 76.1 Å². The van der Waals surface area contributed by atoms with E-state index < -0.39 is 11.9 Å². The third-order valence-electron chi connectivity index (χ3n) is 2.79. The highest BCUT2D eigenvalue weighted by molar-refractivity contribution is 5.93. The number of likely N-dealkylation sites (N-methyl/N-ethyl adjacent to an activating group) is 1. The zero-order valence-corrected chi connectivity index (χ0v) is 11.0. The summed E-state index contributed by atoms with van der Waals surface area (Å²) in [5.74, 6) is -0.220. The van der Waals surface area contributed by atoms with Gasteiger partial charge in [0.2, 0.25) is 5.91 Å². The first kappa shape index (κ1) is 13.9. The zero-order chi connectivity index (χ0) is 14.5. The molecule has 106 valence electrons. The fourth-order valence-electron chi connectivity index (χ4n) is 1.82. The zero-order valence-electron chi connectivity index (χ0n) is 11.0. The van der Waals surface area contributed by atoms with Gasteiger partial charge in [-0.3, -0.25) is 4.79 Å². The monoisotopic (exact) mass is 277 g/mol. The Labute approximate surface area is 116 Å². The number of aliphatic carboxylic acids is 1. The summed E-state index contributed by atoms with van der Waals surface area (Å²) in [6.45, 7) is 0.661. The van der Waals surface area contributed by atoms with Crippen LogP contribution in [0.4, 0.5) is 0 Å². The molecule has 1 aromatic carbocycles. The number of ether oxygens (including phenoxy) is 2. The van der Waals surface area contributed by atoms with E-state index in [1.165, 1.54) is 4.90 Å². The van der Waals surface area contributed by atoms with Crippen molar-refractivity contribution in [2.75, 3.05) is 20.2 Å². The van der Waals surface area contributed by atoms with Crippen LogP contribution < -0.4 is 9.47 Å². The molecule has 0 fully saturated rings. The molecule has 6 nitrogen and oxygen atoms in total. The number of hydrogen-bond acceptors (Lipinski definition) is 4. The van der Waals surface area contributed by atoms with Crippen LogP contribution >= 0.6 is 0 Å². The molecular formula is C14H15NO5. The van der Waals surface area contributed by atoms with Gasteiger partial charge in [0, 0.05) is 19.2 Å². The highest BCUT2D eigenvalue weighted by Crippen LogP contribution is 2.30. The van der Waals surface area contributed by atoms with Gasteiger partial charge in [0.15, 0.2) is 17.6 Å². The van der Waals surface area contributed by atoms with Crippen LogP contribution in [0.5, 0.6) is 11.5 Å². The number of benzene rings is 1. The molecule has 1 aromatic rings. The average molecular weight is 277 g/mol. The normalized spacial score (nSPS) is 16.9. The molecule has 1 N–H and O–H groups in total. The lowest BCUT2D eigenvalue weighted by Crippen LogP contribution is -2.41. The van der Waals surface area contributed by atoms with Gasteiger partial charge in [0.1, 0.15) is 6.61 Å². The number of fused-ring (bicyclic) bond motifs is 1. The summed E-state index contributed by atoms with van der Waals surface area (Å²) in [6.07, 6.45) is 1.55.